The van der Waals surface area contributed by atoms with E-state index in [-0.39, 0.29) is 5.09 Å². The van der Waals surface area contributed by atoms with E-state index in [1.807, 2.05) is 0 Å². The van der Waals surface area contributed by atoms with Crippen molar-refractivity contribution in [3.05, 3.63) is 24.3 Å². The van der Waals surface area contributed by atoms with E-state index in [1.165, 1.54) is 27.3 Å². The predicted molar refractivity (Wildman–Crippen MR) is 63.6 cm³/mol. The molecule has 0 bridgehead atoms. The molecule has 0 radical (unpaired) electrons. The van der Waals surface area contributed by atoms with Gasteiger partial charge in [0.15, 0.2) is 11.3 Å². The highest BCUT2D eigenvalue weighted by molar-refractivity contribution is 7.89. The highest BCUT2D eigenvalue weighted by Gasteiger charge is 2.23. The predicted octanol–water partition coefficient (Wildman–Crippen LogP) is 1.69. The minimum atomic E-state index is -3.55. The Bertz CT molecular complexity index is 643. The van der Waals surface area contributed by atoms with Crippen LogP contribution in [-0.4, -0.2) is 33.9 Å². The second-order valence-corrected chi connectivity index (χ2v) is 5.81. The molecule has 2 rings (SSSR count). The van der Waals surface area contributed by atoms with E-state index in [0.717, 1.165) is 4.31 Å². The Labute approximate surface area is 99.6 Å². The van der Waals surface area contributed by atoms with Gasteiger partial charge in [-0.15, -0.1) is 0 Å². The molecule has 1 aromatic heterocycles. The van der Waals surface area contributed by atoms with Crippen LogP contribution in [-0.2, 0) is 10.0 Å². The molecule has 0 aliphatic rings. The van der Waals surface area contributed by atoms with Gasteiger partial charge in [-0.1, -0.05) is 12.1 Å². The lowest BCUT2D eigenvalue weighted by molar-refractivity contribution is 0.397. The smallest absolute Gasteiger partial charge is 0.275 e. The van der Waals surface area contributed by atoms with Crippen molar-refractivity contribution in [1.29, 1.82) is 0 Å². The van der Waals surface area contributed by atoms with Crippen LogP contribution in [0, 0.1) is 0 Å². The highest BCUT2D eigenvalue weighted by atomic mass is 32.2. The van der Waals surface area contributed by atoms with Gasteiger partial charge in [-0.25, -0.2) is 12.7 Å². The van der Waals surface area contributed by atoms with Gasteiger partial charge in [0.05, 0.1) is 7.11 Å². The van der Waals surface area contributed by atoms with Crippen LogP contribution in [0.15, 0.2) is 33.8 Å². The number of furan rings is 1. The van der Waals surface area contributed by atoms with Crippen LogP contribution in [0.4, 0.5) is 0 Å². The summed E-state index contributed by atoms with van der Waals surface area (Å²) in [7, 11) is 0.875. The average Bonchev–Trinajstić information content (AvgIpc) is 2.72. The van der Waals surface area contributed by atoms with Crippen LogP contribution in [0.2, 0.25) is 0 Å². The van der Waals surface area contributed by atoms with Gasteiger partial charge in [-0.05, 0) is 6.07 Å². The van der Waals surface area contributed by atoms with Gasteiger partial charge >= 0.3 is 0 Å². The van der Waals surface area contributed by atoms with Crippen molar-refractivity contribution in [2.24, 2.45) is 0 Å². The summed E-state index contributed by atoms with van der Waals surface area (Å²) in [5.41, 5.74) is 0.440. The zero-order valence-electron chi connectivity index (χ0n) is 9.80. The topological polar surface area (TPSA) is 59.8 Å². The monoisotopic (exact) mass is 255 g/mol. The van der Waals surface area contributed by atoms with E-state index in [2.05, 4.69) is 0 Å². The van der Waals surface area contributed by atoms with E-state index >= 15 is 0 Å². The van der Waals surface area contributed by atoms with Crippen LogP contribution < -0.4 is 4.74 Å². The van der Waals surface area contributed by atoms with Gasteiger partial charge < -0.3 is 9.15 Å². The molecule has 5 nitrogen and oxygen atoms in total. The van der Waals surface area contributed by atoms with E-state index < -0.39 is 10.0 Å². The number of fused-ring (bicyclic) bond motifs is 1. The lowest BCUT2D eigenvalue weighted by Crippen LogP contribution is -2.21. The molecule has 0 unspecified atom stereocenters. The SMILES string of the molecule is COc1cccc2cc(S(=O)(=O)N(C)C)oc12. The number of hydrogen-bond donors (Lipinski definition) is 0. The Hall–Kier alpha value is -1.53. The van der Waals surface area contributed by atoms with Crippen molar-refractivity contribution in [2.45, 2.75) is 5.09 Å². The van der Waals surface area contributed by atoms with Gasteiger partial charge in [0.2, 0.25) is 5.09 Å². The number of methoxy groups -OCH3 is 1. The molecule has 0 atom stereocenters. The molecule has 17 heavy (non-hydrogen) atoms. The van der Waals surface area contributed by atoms with E-state index in [4.69, 9.17) is 9.15 Å². The summed E-state index contributed by atoms with van der Waals surface area (Å²) in [6, 6.07) is 6.77. The molecule has 1 heterocycles. The second-order valence-electron chi connectivity index (χ2n) is 3.73. The third-order valence-corrected chi connectivity index (χ3v) is 4.11. The summed E-state index contributed by atoms with van der Waals surface area (Å²) in [6.07, 6.45) is 0. The Morgan fingerprint density at radius 1 is 1.29 bits per heavy atom. The Morgan fingerprint density at radius 2 is 2.00 bits per heavy atom. The molecule has 6 heteroatoms. The number of benzene rings is 1. The maximum atomic E-state index is 11.9. The van der Waals surface area contributed by atoms with Crippen molar-refractivity contribution in [3.63, 3.8) is 0 Å². The number of nitrogens with zero attached hydrogens (tertiary/aromatic N) is 1. The standard InChI is InChI=1S/C11H13NO4S/c1-12(2)17(13,14)10-7-8-5-4-6-9(15-3)11(8)16-10/h4-7H,1-3H3. The first-order chi connectivity index (χ1) is 7.96. The van der Waals surface area contributed by atoms with Crippen molar-refractivity contribution in [1.82, 2.24) is 4.31 Å². The second kappa shape index (κ2) is 4.05. The summed E-state index contributed by atoms with van der Waals surface area (Å²) >= 11 is 0. The number of ether oxygens (including phenoxy) is 1. The average molecular weight is 255 g/mol. The number of rotatable bonds is 3. The molecule has 0 aliphatic heterocycles. The van der Waals surface area contributed by atoms with E-state index in [1.54, 1.807) is 18.2 Å². The molecule has 0 fully saturated rings. The fourth-order valence-electron chi connectivity index (χ4n) is 1.48. The van der Waals surface area contributed by atoms with Gasteiger partial charge in [0.25, 0.3) is 10.0 Å². The van der Waals surface area contributed by atoms with Crippen LogP contribution in [0.1, 0.15) is 0 Å². The lowest BCUT2D eigenvalue weighted by Gasteiger charge is -2.07. The Balaban J connectivity index is 2.68. The van der Waals surface area contributed by atoms with E-state index in [9.17, 15) is 8.42 Å². The van der Waals surface area contributed by atoms with Crippen molar-refractivity contribution >= 4 is 21.0 Å². The van der Waals surface area contributed by atoms with Gasteiger partial charge in [0.1, 0.15) is 0 Å². The molecule has 2 aromatic rings. The minimum absolute atomic E-state index is 0.0815. The van der Waals surface area contributed by atoms with Crippen LogP contribution in [0.3, 0.4) is 0 Å². The summed E-state index contributed by atoms with van der Waals surface area (Å²) < 4.78 is 35.4. The largest absolute Gasteiger partial charge is 0.493 e. The highest BCUT2D eigenvalue weighted by Crippen LogP contribution is 2.30. The number of hydrogen-bond acceptors (Lipinski definition) is 4. The Morgan fingerprint density at radius 3 is 2.59 bits per heavy atom. The molecule has 0 amide bonds. The molecule has 1 aromatic carbocycles. The third-order valence-electron chi connectivity index (χ3n) is 2.44. The molecular weight excluding hydrogens is 242 g/mol. The molecular formula is C11H13NO4S. The number of sulfonamides is 1. The fourth-order valence-corrected chi connectivity index (χ4v) is 2.30. The number of para-hydroxylation sites is 1. The molecule has 0 aliphatic carbocycles. The normalized spacial score (nSPS) is 12.2. The zero-order chi connectivity index (χ0) is 12.6. The third kappa shape index (κ3) is 1.89. The molecule has 0 saturated carbocycles. The first-order valence-electron chi connectivity index (χ1n) is 4.96. The Kier molecular flexibility index (Phi) is 2.84. The quantitative estimate of drug-likeness (QED) is 0.837. The van der Waals surface area contributed by atoms with E-state index in [0.29, 0.717) is 16.7 Å². The maximum absolute atomic E-state index is 11.9. The summed E-state index contributed by atoms with van der Waals surface area (Å²) in [4.78, 5) is 0. The molecule has 0 N–H and O–H groups in total. The first-order valence-corrected chi connectivity index (χ1v) is 6.40. The lowest BCUT2D eigenvalue weighted by atomic mass is 10.2. The zero-order valence-corrected chi connectivity index (χ0v) is 10.6. The summed E-state index contributed by atoms with van der Waals surface area (Å²) in [5.74, 6) is 0.516. The molecule has 0 spiro atoms. The van der Waals surface area contributed by atoms with Gasteiger partial charge in [-0.3, -0.25) is 0 Å². The van der Waals surface area contributed by atoms with Crippen molar-refractivity contribution < 1.29 is 17.6 Å². The maximum Gasteiger partial charge on any atom is 0.275 e. The van der Waals surface area contributed by atoms with Crippen LogP contribution in [0.25, 0.3) is 11.0 Å². The van der Waals surface area contributed by atoms with Crippen molar-refractivity contribution in [2.75, 3.05) is 21.2 Å². The van der Waals surface area contributed by atoms with Gasteiger partial charge in [-0.2, -0.15) is 0 Å². The molecule has 92 valence electrons. The van der Waals surface area contributed by atoms with Crippen molar-refractivity contribution in [3.8, 4) is 5.75 Å². The minimum Gasteiger partial charge on any atom is -0.493 e. The first kappa shape index (κ1) is 11.9. The fraction of sp³-hybridized carbons (Fsp3) is 0.273. The molecule has 0 saturated heterocycles. The summed E-state index contributed by atoms with van der Waals surface area (Å²) in [5, 5.41) is 0.617. The van der Waals surface area contributed by atoms with Gasteiger partial charge in [0, 0.05) is 25.5 Å². The van der Waals surface area contributed by atoms with Crippen LogP contribution in [0.5, 0.6) is 5.75 Å². The van der Waals surface area contributed by atoms with Crippen LogP contribution >= 0.6 is 0 Å². The summed E-state index contributed by atoms with van der Waals surface area (Å²) in [6.45, 7) is 0.